The molecular formula is C16H14N6S. The Morgan fingerprint density at radius 3 is 2.35 bits per heavy atom. The number of hydrogen-bond acceptors (Lipinski definition) is 6. The van der Waals surface area contributed by atoms with Crippen LogP contribution in [0.2, 0.25) is 0 Å². The van der Waals surface area contributed by atoms with Gasteiger partial charge in [-0.05, 0) is 36.4 Å². The fourth-order valence-corrected chi connectivity index (χ4v) is 3.16. The molecule has 4 rings (SSSR count). The predicted molar refractivity (Wildman–Crippen MR) is 91.7 cm³/mol. The van der Waals surface area contributed by atoms with Crippen molar-refractivity contribution >= 4 is 22.0 Å². The third-order valence-electron chi connectivity index (χ3n) is 3.56. The van der Waals surface area contributed by atoms with Crippen molar-refractivity contribution in [2.45, 2.75) is 0 Å². The molecule has 0 saturated heterocycles. The number of rotatable bonds is 3. The molecule has 0 amide bonds. The Kier molecular flexibility index (Phi) is 3.27. The lowest BCUT2D eigenvalue weighted by Gasteiger charge is -2.11. The van der Waals surface area contributed by atoms with Crippen molar-refractivity contribution < 1.29 is 0 Å². The summed E-state index contributed by atoms with van der Waals surface area (Å²) in [6.07, 6.45) is 3.53. The van der Waals surface area contributed by atoms with E-state index in [2.05, 4.69) is 37.3 Å². The summed E-state index contributed by atoms with van der Waals surface area (Å²) in [5, 5.41) is 14.1. The van der Waals surface area contributed by atoms with E-state index < -0.39 is 0 Å². The number of pyridine rings is 1. The molecule has 0 aliphatic rings. The summed E-state index contributed by atoms with van der Waals surface area (Å²) in [4.78, 5) is 6.88. The summed E-state index contributed by atoms with van der Waals surface area (Å²) in [5.74, 6) is 0.752. The molecule has 0 saturated carbocycles. The summed E-state index contributed by atoms with van der Waals surface area (Å²) < 4.78 is 1.80. The molecule has 0 unspecified atom stereocenters. The van der Waals surface area contributed by atoms with Gasteiger partial charge in [-0.2, -0.15) is 9.61 Å². The van der Waals surface area contributed by atoms with E-state index in [0.717, 1.165) is 32.6 Å². The van der Waals surface area contributed by atoms with Gasteiger partial charge in [-0.25, -0.2) is 0 Å². The predicted octanol–water partition coefficient (Wildman–Crippen LogP) is 2.98. The van der Waals surface area contributed by atoms with Crippen LogP contribution in [-0.2, 0) is 0 Å². The molecule has 0 aliphatic carbocycles. The number of aromatic nitrogens is 5. The maximum absolute atomic E-state index is 4.65. The van der Waals surface area contributed by atoms with Gasteiger partial charge in [-0.15, -0.1) is 10.2 Å². The Labute approximate surface area is 137 Å². The minimum absolute atomic E-state index is 0.752. The van der Waals surface area contributed by atoms with E-state index in [4.69, 9.17) is 0 Å². The largest absolute Gasteiger partial charge is 0.378 e. The minimum atomic E-state index is 0.752. The standard InChI is InChI=1S/C16H14N6S/c1-21(2)13-5-3-11(4-6-13)14-18-19-16-22(14)20-15(23-16)12-7-9-17-10-8-12/h3-10H,1-2H3. The molecule has 0 N–H and O–H groups in total. The average molecular weight is 322 g/mol. The maximum atomic E-state index is 4.65. The molecule has 23 heavy (non-hydrogen) atoms. The molecule has 1 aromatic carbocycles. The van der Waals surface area contributed by atoms with Crippen molar-refractivity contribution in [2.75, 3.05) is 19.0 Å². The molecule has 0 spiro atoms. The summed E-state index contributed by atoms with van der Waals surface area (Å²) in [7, 11) is 4.04. The molecule has 3 heterocycles. The van der Waals surface area contributed by atoms with Crippen LogP contribution in [-0.4, -0.2) is 38.9 Å². The first kappa shape index (κ1) is 13.8. The monoisotopic (exact) mass is 322 g/mol. The number of hydrogen-bond donors (Lipinski definition) is 0. The van der Waals surface area contributed by atoms with Gasteiger partial charge in [-0.3, -0.25) is 4.98 Å². The van der Waals surface area contributed by atoms with E-state index in [1.165, 1.54) is 11.3 Å². The highest BCUT2D eigenvalue weighted by Gasteiger charge is 2.14. The first-order chi connectivity index (χ1) is 11.2. The molecule has 0 aliphatic heterocycles. The lowest BCUT2D eigenvalue weighted by molar-refractivity contribution is 0.970. The number of fused-ring (bicyclic) bond motifs is 1. The average Bonchev–Trinajstić information content (AvgIpc) is 3.16. The molecule has 4 aromatic rings. The van der Waals surface area contributed by atoms with E-state index in [9.17, 15) is 0 Å². The highest BCUT2D eigenvalue weighted by molar-refractivity contribution is 7.19. The molecule has 0 bridgehead atoms. The van der Waals surface area contributed by atoms with Crippen molar-refractivity contribution in [3.63, 3.8) is 0 Å². The lowest BCUT2D eigenvalue weighted by Crippen LogP contribution is -2.08. The normalized spacial score (nSPS) is 11.0. The summed E-state index contributed by atoms with van der Waals surface area (Å²) in [5.41, 5.74) is 3.17. The van der Waals surface area contributed by atoms with Crippen LogP contribution in [0.15, 0.2) is 48.8 Å². The van der Waals surface area contributed by atoms with Crippen LogP contribution in [0.5, 0.6) is 0 Å². The van der Waals surface area contributed by atoms with Crippen LogP contribution in [0.25, 0.3) is 26.9 Å². The van der Waals surface area contributed by atoms with Crippen LogP contribution >= 0.6 is 11.3 Å². The smallest absolute Gasteiger partial charge is 0.235 e. The van der Waals surface area contributed by atoms with Gasteiger partial charge in [0.25, 0.3) is 0 Å². The highest BCUT2D eigenvalue weighted by Crippen LogP contribution is 2.28. The van der Waals surface area contributed by atoms with Crippen molar-refractivity contribution in [3.05, 3.63) is 48.8 Å². The maximum Gasteiger partial charge on any atom is 0.235 e. The van der Waals surface area contributed by atoms with Gasteiger partial charge < -0.3 is 4.90 Å². The third-order valence-corrected chi connectivity index (χ3v) is 4.51. The van der Waals surface area contributed by atoms with Crippen molar-refractivity contribution in [1.82, 2.24) is 24.8 Å². The van der Waals surface area contributed by atoms with Crippen molar-refractivity contribution in [2.24, 2.45) is 0 Å². The van der Waals surface area contributed by atoms with Gasteiger partial charge in [-0.1, -0.05) is 11.3 Å². The first-order valence-corrected chi connectivity index (χ1v) is 7.94. The van der Waals surface area contributed by atoms with Gasteiger partial charge in [0.2, 0.25) is 4.96 Å². The van der Waals surface area contributed by atoms with E-state index in [1.54, 1.807) is 16.9 Å². The third kappa shape index (κ3) is 2.44. The molecule has 3 aromatic heterocycles. The van der Waals surface area contributed by atoms with Crippen molar-refractivity contribution in [1.29, 1.82) is 0 Å². The summed E-state index contributed by atoms with van der Waals surface area (Å²) in [6, 6.07) is 12.1. The fourth-order valence-electron chi connectivity index (χ4n) is 2.32. The van der Waals surface area contributed by atoms with Crippen LogP contribution in [0, 0.1) is 0 Å². The zero-order chi connectivity index (χ0) is 15.8. The molecule has 114 valence electrons. The minimum Gasteiger partial charge on any atom is -0.378 e. The molecule has 0 radical (unpaired) electrons. The molecule has 7 heteroatoms. The quantitative estimate of drug-likeness (QED) is 0.580. The zero-order valence-electron chi connectivity index (χ0n) is 12.7. The Morgan fingerprint density at radius 2 is 1.65 bits per heavy atom. The van der Waals surface area contributed by atoms with E-state index in [0.29, 0.717) is 0 Å². The SMILES string of the molecule is CN(C)c1ccc(-c2nnc3sc(-c4ccncc4)nn23)cc1. The van der Waals surface area contributed by atoms with E-state index in [-0.39, 0.29) is 0 Å². The second-order valence-electron chi connectivity index (χ2n) is 5.30. The summed E-state index contributed by atoms with van der Waals surface area (Å²) in [6.45, 7) is 0. The van der Waals surface area contributed by atoms with Crippen LogP contribution in [0.1, 0.15) is 0 Å². The number of nitrogens with zero attached hydrogens (tertiary/aromatic N) is 6. The zero-order valence-corrected chi connectivity index (χ0v) is 13.5. The fraction of sp³-hybridized carbons (Fsp3) is 0.125. The van der Waals surface area contributed by atoms with Gasteiger partial charge >= 0.3 is 0 Å². The van der Waals surface area contributed by atoms with Gasteiger partial charge in [0.05, 0.1) is 0 Å². The van der Waals surface area contributed by atoms with Gasteiger partial charge in [0, 0.05) is 43.3 Å². The van der Waals surface area contributed by atoms with Crippen LogP contribution < -0.4 is 4.90 Å². The van der Waals surface area contributed by atoms with E-state index >= 15 is 0 Å². The number of anilines is 1. The van der Waals surface area contributed by atoms with Crippen LogP contribution in [0.3, 0.4) is 0 Å². The summed E-state index contributed by atoms with van der Waals surface area (Å²) >= 11 is 1.52. The lowest BCUT2D eigenvalue weighted by atomic mass is 10.2. The Bertz CT molecular complexity index is 940. The Balaban J connectivity index is 1.77. The molecular weight excluding hydrogens is 308 g/mol. The van der Waals surface area contributed by atoms with Gasteiger partial charge in [0.15, 0.2) is 5.82 Å². The molecule has 6 nitrogen and oxygen atoms in total. The van der Waals surface area contributed by atoms with Crippen molar-refractivity contribution in [3.8, 4) is 22.0 Å². The second kappa shape index (κ2) is 5.44. The van der Waals surface area contributed by atoms with E-state index in [1.807, 2.05) is 38.4 Å². The molecule has 0 fully saturated rings. The Hall–Kier alpha value is -2.80. The van der Waals surface area contributed by atoms with Crippen LogP contribution in [0.4, 0.5) is 5.69 Å². The first-order valence-electron chi connectivity index (χ1n) is 7.13. The second-order valence-corrected chi connectivity index (χ2v) is 6.26. The number of benzene rings is 1. The molecule has 0 atom stereocenters. The topological polar surface area (TPSA) is 59.2 Å². The van der Waals surface area contributed by atoms with Gasteiger partial charge in [0.1, 0.15) is 5.01 Å². The highest BCUT2D eigenvalue weighted by atomic mass is 32.1. The Morgan fingerprint density at radius 1 is 0.913 bits per heavy atom.